The van der Waals surface area contributed by atoms with Crippen LogP contribution in [0.25, 0.3) is 0 Å². The molecule has 0 aliphatic heterocycles. The van der Waals surface area contributed by atoms with E-state index in [0.29, 0.717) is 0 Å². The summed E-state index contributed by atoms with van der Waals surface area (Å²) < 4.78 is 1.68. The third-order valence-electron chi connectivity index (χ3n) is 2.75. The first kappa shape index (κ1) is 11.8. The molecule has 13 heavy (non-hydrogen) atoms. The van der Waals surface area contributed by atoms with Gasteiger partial charge in [-0.25, -0.2) is 0 Å². The standard InChI is InChI=1S/C11H21ISi/c1-13(2,3)11(12)9-10-7-5-4-6-8-10/h9-10H,4-8H2,1-3H3/b11-9+. The quantitative estimate of drug-likeness (QED) is 0.509. The summed E-state index contributed by atoms with van der Waals surface area (Å²) in [6.07, 6.45) is 9.83. The molecule has 0 amide bonds. The van der Waals surface area contributed by atoms with Crippen LogP contribution in [-0.4, -0.2) is 8.07 Å². The molecule has 0 aromatic heterocycles. The lowest BCUT2D eigenvalue weighted by Crippen LogP contribution is -2.21. The molecular weight excluding hydrogens is 287 g/mol. The highest BCUT2D eigenvalue weighted by molar-refractivity contribution is 14.1. The van der Waals surface area contributed by atoms with Crippen molar-refractivity contribution in [2.75, 3.05) is 0 Å². The lowest BCUT2D eigenvalue weighted by Gasteiger charge is -2.22. The molecule has 0 unspecified atom stereocenters. The summed E-state index contributed by atoms with van der Waals surface area (Å²) in [5.74, 6) is 0.910. The molecule has 0 aromatic rings. The number of hydrogen-bond donors (Lipinski definition) is 0. The van der Waals surface area contributed by atoms with Gasteiger partial charge in [-0.2, -0.15) is 0 Å². The Morgan fingerprint density at radius 2 is 1.69 bits per heavy atom. The molecule has 2 heteroatoms. The molecule has 0 saturated heterocycles. The molecule has 1 rings (SSSR count). The second kappa shape index (κ2) is 4.96. The summed E-state index contributed by atoms with van der Waals surface area (Å²) >= 11 is 2.57. The fourth-order valence-corrected chi connectivity index (χ4v) is 3.00. The van der Waals surface area contributed by atoms with Crippen molar-refractivity contribution in [3.8, 4) is 0 Å². The molecular formula is C11H21ISi. The van der Waals surface area contributed by atoms with E-state index in [4.69, 9.17) is 0 Å². The Morgan fingerprint density at radius 1 is 1.15 bits per heavy atom. The minimum Gasteiger partial charge on any atom is -0.0762 e. The number of rotatable bonds is 2. The van der Waals surface area contributed by atoms with Crippen LogP contribution in [0, 0.1) is 5.92 Å². The summed E-state index contributed by atoms with van der Waals surface area (Å²) in [4.78, 5) is 0. The van der Waals surface area contributed by atoms with E-state index in [1.807, 2.05) is 0 Å². The van der Waals surface area contributed by atoms with E-state index in [1.165, 1.54) is 32.1 Å². The van der Waals surface area contributed by atoms with E-state index in [-0.39, 0.29) is 0 Å². The number of allylic oxidation sites excluding steroid dienone is 1. The van der Waals surface area contributed by atoms with Gasteiger partial charge in [0.15, 0.2) is 0 Å². The molecule has 1 saturated carbocycles. The van der Waals surface area contributed by atoms with Crippen molar-refractivity contribution < 1.29 is 0 Å². The van der Waals surface area contributed by atoms with Crippen LogP contribution in [0.15, 0.2) is 9.28 Å². The van der Waals surface area contributed by atoms with Gasteiger partial charge in [-0.05, 0) is 22.0 Å². The van der Waals surface area contributed by atoms with E-state index in [9.17, 15) is 0 Å². The highest BCUT2D eigenvalue weighted by atomic mass is 127. The second-order valence-electron chi connectivity index (χ2n) is 5.16. The van der Waals surface area contributed by atoms with Crippen LogP contribution in [0.3, 0.4) is 0 Å². The molecule has 1 aliphatic rings. The molecule has 0 bridgehead atoms. The molecule has 0 aromatic carbocycles. The Kier molecular flexibility index (Phi) is 4.49. The zero-order valence-electron chi connectivity index (χ0n) is 9.07. The summed E-state index contributed by atoms with van der Waals surface area (Å²) in [5.41, 5.74) is 0. The van der Waals surface area contributed by atoms with Gasteiger partial charge in [-0.3, -0.25) is 0 Å². The van der Waals surface area contributed by atoms with Crippen molar-refractivity contribution in [1.29, 1.82) is 0 Å². The van der Waals surface area contributed by atoms with Gasteiger partial charge in [-0.1, -0.05) is 67.6 Å². The number of halogens is 1. The third kappa shape index (κ3) is 4.15. The highest BCUT2D eigenvalue weighted by Crippen LogP contribution is 2.30. The van der Waals surface area contributed by atoms with Crippen LogP contribution in [-0.2, 0) is 0 Å². The summed E-state index contributed by atoms with van der Waals surface area (Å²) in [5, 5.41) is 0. The molecule has 1 aliphatic carbocycles. The zero-order chi connectivity index (χ0) is 9.90. The summed E-state index contributed by atoms with van der Waals surface area (Å²) in [6, 6.07) is 0. The molecule has 0 N–H and O–H groups in total. The average Bonchev–Trinajstić information content (AvgIpc) is 2.04. The monoisotopic (exact) mass is 308 g/mol. The van der Waals surface area contributed by atoms with E-state index < -0.39 is 8.07 Å². The highest BCUT2D eigenvalue weighted by Gasteiger charge is 2.19. The Bertz CT molecular complexity index is 185. The van der Waals surface area contributed by atoms with Crippen molar-refractivity contribution in [3.05, 3.63) is 9.28 Å². The largest absolute Gasteiger partial charge is 0.0850 e. The molecule has 0 atom stereocenters. The Morgan fingerprint density at radius 3 is 2.15 bits per heavy atom. The van der Waals surface area contributed by atoms with Crippen LogP contribution in [0.2, 0.25) is 19.6 Å². The lowest BCUT2D eigenvalue weighted by atomic mass is 9.90. The molecule has 1 fully saturated rings. The minimum absolute atomic E-state index is 0.910. The van der Waals surface area contributed by atoms with Crippen LogP contribution < -0.4 is 0 Å². The van der Waals surface area contributed by atoms with Crippen LogP contribution in [0.1, 0.15) is 32.1 Å². The van der Waals surface area contributed by atoms with E-state index in [0.717, 1.165) is 5.92 Å². The van der Waals surface area contributed by atoms with E-state index >= 15 is 0 Å². The fourth-order valence-electron chi connectivity index (χ4n) is 1.76. The Hall–Kier alpha value is 0.687. The van der Waals surface area contributed by atoms with Gasteiger partial charge in [0.1, 0.15) is 0 Å². The predicted molar refractivity (Wildman–Crippen MR) is 72.0 cm³/mol. The van der Waals surface area contributed by atoms with E-state index in [1.54, 1.807) is 3.20 Å². The van der Waals surface area contributed by atoms with Gasteiger partial charge in [0.2, 0.25) is 0 Å². The molecule has 76 valence electrons. The maximum absolute atomic E-state index is 2.58. The first-order chi connectivity index (χ1) is 6.00. The maximum Gasteiger partial charge on any atom is 0.0850 e. The SMILES string of the molecule is C[Si](C)(C)/C(I)=C/C1CCCCC1. The fraction of sp³-hybridized carbons (Fsp3) is 0.818. The van der Waals surface area contributed by atoms with Crippen molar-refractivity contribution in [2.45, 2.75) is 51.7 Å². The predicted octanol–water partition coefficient (Wildman–Crippen LogP) is 4.76. The third-order valence-corrected chi connectivity index (χ3v) is 9.56. The average molecular weight is 308 g/mol. The smallest absolute Gasteiger partial charge is 0.0762 e. The zero-order valence-corrected chi connectivity index (χ0v) is 12.2. The van der Waals surface area contributed by atoms with Crippen LogP contribution in [0.4, 0.5) is 0 Å². The van der Waals surface area contributed by atoms with Crippen molar-refractivity contribution in [2.24, 2.45) is 5.92 Å². The normalized spacial score (nSPS) is 22.0. The molecule has 0 spiro atoms. The van der Waals surface area contributed by atoms with Gasteiger partial charge in [-0.15, -0.1) is 0 Å². The van der Waals surface area contributed by atoms with Gasteiger partial charge in [0.05, 0.1) is 8.07 Å². The molecule has 0 radical (unpaired) electrons. The molecule has 0 heterocycles. The first-order valence-corrected chi connectivity index (χ1v) is 9.96. The maximum atomic E-state index is 2.58. The van der Waals surface area contributed by atoms with Gasteiger partial charge < -0.3 is 0 Å². The topological polar surface area (TPSA) is 0 Å². The van der Waals surface area contributed by atoms with Gasteiger partial charge in [0.25, 0.3) is 0 Å². The van der Waals surface area contributed by atoms with Crippen LogP contribution in [0.5, 0.6) is 0 Å². The molecule has 0 nitrogen and oxygen atoms in total. The number of hydrogen-bond acceptors (Lipinski definition) is 0. The minimum atomic E-state index is -0.997. The second-order valence-corrected chi connectivity index (χ2v) is 12.4. The van der Waals surface area contributed by atoms with E-state index in [2.05, 4.69) is 48.3 Å². The van der Waals surface area contributed by atoms with Crippen molar-refractivity contribution in [1.82, 2.24) is 0 Å². The Balaban J connectivity index is 2.53. The van der Waals surface area contributed by atoms with Crippen molar-refractivity contribution in [3.63, 3.8) is 0 Å². The Labute approximate surface area is 97.3 Å². The summed E-state index contributed by atoms with van der Waals surface area (Å²) in [7, 11) is -0.997. The summed E-state index contributed by atoms with van der Waals surface area (Å²) in [6.45, 7) is 7.32. The first-order valence-electron chi connectivity index (χ1n) is 5.38. The van der Waals surface area contributed by atoms with Crippen molar-refractivity contribution >= 4 is 30.7 Å². The lowest BCUT2D eigenvalue weighted by molar-refractivity contribution is 0.419. The van der Waals surface area contributed by atoms with Crippen LogP contribution >= 0.6 is 22.6 Å². The van der Waals surface area contributed by atoms with Gasteiger partial charge >= 0.3 is 0 Å². The van der Waals surface area contributed by atoms with Gasteiger partial charge in [0, 0.05) is 0 Å².